The van der Waals surface area contributed by atoms with Gasteiger partial charge in [-0.1, -0.05) is 36.4 Å². The van der Waals surface area contributed by atoms with Crippen molar-refractivity contribution in [3.05, 3.63) is 90.0 Å². The molecule has 0 unspecified atom stereocenters. The fraction of sp³-hybridized carbons (Fsp3) is 0.143. The SMILES string of the molecule is COc1cccc(N(Cc2ccc(C(F)(F)F)cc2)S(=O)(=O)c2ccccc2)c1. The summed E-state index contributed by atoms with van der Waals surface area (Å²) in [4.78, 5) is 0.0785. The highest BCUT2D eigenvalue weighted by atomic mass is 32.2. The van der Waals surface area contributed by atoms with E-state index >= 15 is 0 Å². The van der Waals surface area contributed by atoms with Crippen LogP contribution in [0, 0.1) is 0 Å². The van der Waals surface area contributed by atoms with E-state index in [-0.39, 0.29) is 11.4 Å². The highest BCUT2D eigenvalue weighted by molar-refractivity contribution is 7.92. The first-order valence-electron chi connectivity index (χ1n) is 8.60. The van der Waals surface area contributed by atoms with E-state index in [1.165, 1.54) is 31.4 Å². The third-order valence-corrected chi connectivity index (χ3v) is 6.07. The van der Waals surface area contributed by atoms with Gasteiger partial charge < -0.3 is 4.74 Å². The van der Waals surface area contributed by atoms with Crippen LogP contribution < -0.4 is 9.04 Å². The molecule has 152 valence electrons. The third-order valence-electron chi connectivity index (χ3n) is 4.28. The highest BCUT2D eigenvalue weighted by Gasteiger charge is 2.30. The summed E-state index contributed by atoms with van der Waals surface area (Å²) in [7, 11) is -2.50. The lowest BCUT2D eigenvalue weighted by Crippen LogP contribution is -2.30. The minimum absolute atomic E-state index is 0.0785. The van der Waals surface area contributed by atoms with Crippen molar-refractivity contribution in [2.24, 2.45) is 0 Å². The van der Waals surface area contributed by atoms with Crippen molar-refractivity contribution in [2.75, 3.05) is 11.4 Å². The highest BCUT2D eigenvalue weighted by Crippen LogP contribution is 2.31. The van der Waals surface area contributed by atoms with Crippen LogP contribution in [0.1, 0.15) is 11.1 Å². The maximum absolute atomic E-state index is 13.3. The van der Waals surface area contributed by atoms with Crippen molar-refractivity contribution < 1.29 is 26.3 Å². The quantitative estimate of drug-likeness (QED) is 0.556. The van der Waals surface area contributed by atoms with Gasteiger partial charge in [0.15, 0.2) is 0 Å². The lowest BCUT2D eigenvalue weighted by atomic mass is 10.1. The average Bonchev–Trinajstić information content (AvgIpc) is 2.72. The number of benzene rings is 3. The van der Waals surface area contributed by atoms with Gasteiger partial charge in [-0.25, -0.2) is 8.42 Å². The Morgan fingerprint density at radius 1 is 0.897 bits per heavy atom. The summed E-state index contributed by atoms with van der Waals surface area (Å²) in [5, 5.41) is 0. The molecule has 0 aliphatic carbocycles. The summed E-state index contributed by atoms with van der Waals surface area (Å²) in [6.45, 7) is -0.136. The van der Waals surface area contributed by atoms with E-state index in [0.29, 0.717) is 17.0 Å². The van der Waals surface area contributed by atoms with Gasteiger partial charge in [-0.15, -0.1) is 0 Å². The van der Waals surface area contributed by atoms with Gasteiger partial charge in [0, 0.05) is 6.07 Å². The van der Waals surface area contributed by atoms with E-state index in [1.807, 2.05) is 0 Å². The van der Waals surface area contributed by atoms with Gasteiger partial charge in [0.1, 0.15) is 5.75 Å². The minimum Gasteiger partial charge on any atom is -0.497 e. The zero-order valence-corrected chi connectivity index (χ0v) is 16.2. The van der Waals surface area contributed by atoms with Gasteiger partial charge >= 0.3 is 6.18 Å². The molecule has 0 radical (unpaired) electrons. The van der Waals surface area contributed by atoms with E-state index in [9.17, 15) is 21.6 Å². The molecule has 0 heterocycles. The second-order valence-electron chi connectivity index (χ2n) is 6.22. The molecule has 0 spiro atoms. The topological polar surface area (TPSA) is 46.6 Å². The molecular weight excluding hydrogens is 403 g/mol. The van der Waals surface area contributed by atoms with Crippen LogP contribution in [0.25, 0.3) is 0 Å². The number of anilines is 1. The fourth-order valence-corrected chi connectivity index (χ4v) is 4.23. The number of sulfonamides is 1. The summed E-state index contributed by atoms with van der Waals surface area (Å²) in [6, 6.07) is 18.8. The van der Waals surface area contributed by atoms with Crippen molar-refractivity contribution in [3.63, 3.8) is 0 Å². The number of methoxy groups -OCH3 is 1. The van der Waals surface area contributed by atoms with Crippen LogP contribution in [0.15, 0.2) is 83.8 Å². The molecule has 0 N–H and O–H groups in total. The zero-order valence-electron chi connectivity index (χ0n) is 15.4. The lowest BCUT2D eigenvalue weighted by Gasteiger charge is -2.25. The Morgan fingerprint density at radius 3 is 2.14 bits per heavy atom. The Labute approximate surface area is 167 Å². The Morgan fingerprint density at radius 2 is 1.55 bits per heavy atom. The largest absolute Gasteiger partial charge is 0.497 e. The maximum atomic E-state index is 13.3. The van der Waals surface area contributed by atoms with E-state index in [1.54, 1.807) is 42.5 Å². The Balaban J connectivity index is 2.03. The predicted octanol–water partition coefficient (Wildman–Crippen LogP) is 5.11. The molecule has 0 aromatic heterocycles. The predicted molar refractivity (Wildman–Crippen MR) is 104 cm³/mol. The van der Waals surface area contributed by atoms with E-state index < -0.39 is 21.8 Å². The molecule has 0 saturated heterocycles. The van der Waals surface area contributed by atoms with Gasteiger partial charge in [0.25, 0.3) is 10.0 Å². The molecule has 0 atom stereocenters. The molecule has 4 nitrogen and oxygen atoms in total. The number of halogens is 3. The van der Waals surface area contributed by atoms with Crippen molar-refractivity contribution in [2.45, 2.75) is 17.6 Å². The van der Waals surface area contributed by atoms with E-state index in [4.69, 9.17) is 4.74 Å². The first-order valence-corrected chi connectivity index (χ1v) is 10.0. The van der Waals surface area contributed by atoms with Crippen molar-refractivity contribution in [1.29, 1.82) is 0 Å². The molecule has 0 bridgehead atoms. The zero-order chi connectivity index (χ0) is 21.1. The average molecular weight is 421 g/mol. The first-order chi connectivity index (χ1) is 13.7. The molecule has 3 aromatic rings. The number of hydrogen-bond donors (Lipinski definition) is 0. The summed E-state index contributed by atoms with van der Waals surface area (Å²) >= 11 is 0. The van der Waals surface area contributed by atoms with Crippen LogP contribution in [0.5, 0.6) is 5.75 Å². The molecule has 0 amide bonds. The number of alkyl halides is 3. The molecule has 0 aliphatic rings. The van der Waals surface area contributed by atoms with Crippen LogP contribution in [0.2, 0.25) is 0 Å². The maximum Gasteiger partial charge on any atom is 0.416 e. The molecule has 0 fully saturated rings. The van der Waals surface area contributed by atoms with Crippen LogP contribution in [0.4, 0.5) is 18.9 Å². The molecule has 8 heteroatoms. The van der Waals surface area contributed by atoms with Crippen molar-refractivity contribution >= 4 is 15.7 Å². The Kier molecular flexibility index (Phi) is 5.83. The summed E-state index contributed by atoms with van der Waals surface area (Å²) in [6.07, 6.45) is -4.46. The second kappa shape index (κ2) is 8.16. The van der Waals surface area contributed by atoms with E-state index in [0.717, 1.165) is 16.4 Å². The molecular formula is C21H18F3NO3S. The second-order valence-corrected chi connectivity index (χ2v) is 8.08. The summed E-state index contributed by atoms with van der Waals surface area (Å²) in [5.74, 6) is 0.461. The third kappa shape index (κ3) is 4.71. The van der Waals surface area contributed by atoms with Crippen LogP contribution in [-0.4, -0.2) is 15.5 Å². The molecule has 0 aliphatic heterocycles. The normalized spacial score (nSPS) is 11.9. The number of nitrogens with zero attached hydrogens (tertiary/aromatic N) is 1. The number of hydrogen-bond acceptors (Lipinski definition) is 3. The Hall–Kier alpha value is -3.00. The Bertz CT molecular complexity index is 1070. The lowest BCUT2D eigenvalue weighted by molar-refractivity contribution is -0.137. The van der Waals surface area contributed by atoms with Gasteiger partial charge in [-0.2, -0.15) is 13.2 Å². The molecule has 3 rings (SSSR count). The van der Waals surface area contributed by atoms with Crippen LogP contribution >= 0.6 is 0 Å². The minimum atomic E-state index is -4.46. The van der Waals surface area contributed by atoms with Crippen LogP contribution in [-0.2, 0) is 22.7 Å². The van der Waals surface area contributed by atoms with Crippen molar-refractivity contribution in [3.8, 4) is 5.75 Å². The van der Waals surface area contributed by atoms with Gasteiger partial charge in [0.2, 0.25) is 0 Å². The van der Waals surface area contributed by atoms with E-state index in [2.05, 4.69) is 0 Å². The smallest absolute Gasteiger partial charge is 0.416 e. The molecule has 29 heavy (non-hydrogen) atoms. The number of rotatable bonds is 6. The van der Waals surface area contributed by atoms with Crippen LogP contribution in [0.3, 0.4) is 0 Å². The summed E-state index contributed by atoms with van der Waals surface area (Å²) < 4.78 is 71.3. The summed E-state index contributed by atoms with van der Waals surface area (Å²) in [5.41, 5.74) is -0.0338. The molecule has 0 saturated carbocycles. The standard InChI is InChI=1S/C21H18F3NO3S/c1-28-19-7-5-6-18(14-19)25(29(26,27)20-8-3-2-4-9-20)15-16-10-12-17(13-11-16)21(22,23)24/h2-14H,15H2,1H3. The van der Waals surface area contributed by atoms with Gasteiger partial charge in [-0.05, 0) is 42.0 Å². The monoisotopic (exact) mass is 421 g/mol. The van der Waals surface area contributed by atoms with Crippen molar-refractivity contribution in [1.82, 2.24) is 0 Å². The first kappa shape index (κ1) is 20.7. The fourth-order valence-electron chi connectivity index (χ4n) is 2.77. The van der Waals surface area contributed by atoms with Gasteiger partial charge in [-0.3, -0.25) is 4.31 Å². The number of ether oxygens (including phenoxy) is 1. The van der Waals surface area contributed by atoms with Gasteiger partial charge in [0.05, 0.1) is 29.8 Å². The molecule has 3 aromatic carbocycles.